The third-order valence-electron chi connectivity index (χ3n) is 10.6. The van der Waals surface area contributed by atoms with E-state index in [4.69, 9.17) is 0 Å². The van der Waals surface area contributed by atoms with E-state index in [-0.39, 0.29) is 0 Å². The Morgan fingerprint density at radius 2 is 0.686 bits per heavy atom. The molecule has 0 aliphatic heterocycles. The van der Waals surface area contributed by atoms with E-state index in [2.05, 4.69) is 202 Å². The summed E-state index contributed by atoms with van der Waals surface area (Å²) in [5.74, 6) is 0. The van der Waals surface area contributed by atoms with Gasteiger partial charge in [-0.05, 0) is 54.1 Å². The minimum absolute atomic E-state index is 1.16. The molecule has 0 saturated carbocycles. The summed E-state index contributed by atoms with van der Waals surface area (Å²) in [6.07, 6.45) is 0. The molecule has 3 aromatic heterocycles. The predicted octanol–water partition coefficient (Wildman–Crippen LogP) is 12.6. The van der Waals surface area contributed by atoms with Crippen LogP contribution in [0.4, 0.5) is 0 Å². The Bertz CT molecular complexity index is 3080. The Hall–Kier alpha value is -6.84. The first-order valence-corrected chi connectivity index (χ1v) is 17.5. The van der Waals surface area contributed by atoms with Crippen LogP contribution in [0.15, 0.2) is 188 Å². The summed E-state index contributed by atoms with van der Waals surface area (Å²) in [6, 6.07) is 68.4. The smallest absolute Gasteiger partial charge is 0.0782 e. The molecule has 0 radical (unpaired) electrons. The lowest BCUT2D eigenvalue weighted by Crippen LogP contribution is -2.01. The molecule has 0 aliphatic rings. The Kier molecular flexibility index (Phi) is 5.96. The Morgan fingerprint density at radius 1 is 0.255 bits per heavy atom. The van der Waals surface area contributed by atoms with Gasteiger partial charge in [-0.15, -0.1) is 0 Å². The van der Waals surface area contributed by atoms with Crippen molar-refractivity contribution in [3.8, 4) is 28.2 Å². The van der Waals surface area contributed by atoms with Crippen LogP contribution in [0.25, 0.3) is 93.6 Å². The van der Waals surface area contributed by atoms with Gasteiger partial charge < -0.3 is 13.7 Å². The summed E-state index contributed by atoms with van der Waals surface area (Å²) in [5.41, 5.74) is 13.1. The molecular formula is C48H31N3. The van der Waals surface area contributed by atoms with Gasteiger partial charge in [-0.2, -0.15) is 0 Å². The van der Waals surface area contributed by atoms with Gasteiger partial charge in [0, 0.05) is 37.9 Å². The van der Waals surface area contributed by atoms with Crippen LogP contribution >= 0.6 is 0 Å². The second kappa shape index (κ2) is 10.8. The first kappa shape index (κ1) is 28.0. The summed E-state index contributed by atoms with van der Waals surface area (Å²) in [4.78, 5) is 0. The quantitative estimate of drug-likeness (QED) is 0.180. The molecule has 51 heavy (non-hydrogen) atoms. The topological polar surface area (TPSA) is 14.8 Å². The lowest BCUT2D eigenvalue weighted by Gasteiger charge is -2.16. The van der Waals surface area contributed by atoms with Gasteiger partial charge in [-0.1, -0.05) is 140 Å². The van der Waals surface area contributed by atoms with Crippen molar-refractivity contribution >= 4 is 65.4 Å². The van der Waals surface area contributed by atoms with Crippen molar-refractivity contribution in [3.05, 3.63) is 188 Å². The maximum Gasteiger partial charge on any atom is 0.0782 e. The molecule has 0 amide bonds. The fourth-order valence-electron chi connectivity index (χ4n) is 8.59. The van der Waals surface area contributed by atoms with Gasteiger partial charge in [0.25, 0.3) is 0 Å². The molecular weight excluding hydrogens is 619 g/mol. The van der Waals surface area contributed by atoms with Crippen molar-refractivity contribution in [2.45, 2.75) is 0 Å². The average Bonchev–Trinajstić information content (AvgIpc) is 3.84. The van der Waals surface area contributed by atoms with Crippen LogP contribution in [0, 0.1) is 0 Å². The highest BCUT2D eigenvalue weighted by Gasteiger charge is 2.23. The molecule has 3 nitrogen and oxygen atoms in total. The Labute approximate surface area is 294 Å². The maximum absolute atomic E-state index is 2.52. The molecule has 11 rings (SSSR count). The highest BCUT2D eigenvalue weighted by atomic mass is 15.1. The number of para-hydroxylation sites is 6. The number of rotatable bonds is 4. The zero-order chi connectivity index (χ0) is 33.5. The van der Waals surface area contributed by atoms with Crippen molar-refractivity contribution in [1.29, 1.82) is 0 Å². The fraction of sp³-hybridized carbons (Fsp3) is 0. The molecule has 0 saturated heterocycles. The van der Waals surface area contributed by atoms with E-state index in [9.17, 15) is 0 Å². The summed E-state index contributed by atoms with van der Waals surface area (Å²) in [7, 11) is 0. The SMILES string of the molecule is c1ccc(-c2ccccc2-n2c3ccccc3c3c(-n4c5ccccc5c5cccc(-n6c7ccccc7c7ccccc76)c54)cccc32)cc1. The van der Waals surface area contributed by atoms with Crippen molar-refractivity contribution in [2.24, 2.45) is 0 Å². The zero-order valence-electron chi connectivity index (χ0n) is 27.7. The van der Waals surface area contributed by atoms with Gasteiger partial charge in [0.15, 0.2) is 0 Å². The first-order valence-electron chi connectivity index (χ1n) is 17.5. The summed E-state index contributed by atoms with van der Waals surface area (Å²) < 4.78 is 7.44. The van der Waals surface area contributed by atoms with Crippen LogP contribution in [-0.4, -0.2) is 13.7 Å². The highest BCUT2D eigenvalue weighted by Crippen LogP contribution is 2.43. The summed E-state index contributed by atoms with van der Waals surface area (Å²) in [6.45, 7) is 0. The van der Waals surface area contributed by atoms with Crippen LogP contribution in [0.2, 0.25) is 0 Å². The van der Waals surface area contributed by atoms with Crippen LogP contribution in [-0.2, 0) is 0 Å². The minimum atomic E-state index is 1.16. The molecule has 0 unspecified atom stereocenters. The Balaban J connectivity index is 1.30. The molecule has 0 bridgehead atoms. The normalized spacial score (nSPS) is 11.9. The maximum atomic E-state index is 2.52. The minimum Gasteiger partial charge on any atom is -0.309 e. The number of aromatic nitrogens is 3. The van der Waals surface area contributed by atoms with E-state index < -0.39 is 0 Å². The second-order valence-corrected chi connectivity index (χ2v) is 13.3. The molecule has 0 fully saturated rings. The molecule has 238 valence electrons. The molecule has 8 aromatic carbocycles. The van der Waals surface area contributed by atoms with E-state index in [0.29, 0.717) is 0 Å². The Morgan fingerprint density at radius 3 is 1.39 bits per heavy atom. The highest BCUT2D eigenvalue weighted by molar-refractivity contribution is 6.18. The van der Waals surface area contributed by atoms with Gasteiger partial charge in [-0.25, -0.2) is 0 Å². The van der Waals surface area contributed by atoms with Crippen molar-refractivity contribution < 1.29 is 0 Å². The predicted molar refractivity (Wildman–Crippen MR) is 215 cm³/mol. The standard InChI is InChI=1S/C48H31N3/c1-2-16-32(17-3-1)33-18-4-9-24-39(33)49-43-28-13-8-22-38(43)47-44(49)29-15-30-45(47)51-42-27-12-7-21-36(42)37-23-14-31-46(48(37)51)50-40-25-10-5-19-34(40)35-20-6-11-26-41(35)50/h1-31H. The number of benzene rings is 8. The number of nitrogens with zero attached hydrogens (tertiary/aromatic N) is 3. The molecule has 0 spiro atoms. The van der Waals surface area contributed by atoms with Crippen molar-refractivity contribution in [2.75, 3.05) is 0 Å². The largest absolute Gasteiger partial charge is 0.309 e. The lowest BCUT2D eigenvalue weighted by atomic mass is 10.0. The number of fused-ring (bicyclic) bond motifs is 9. The van der Waals surface area contributed by atoms with Gasteiger partial charge in [0.2, 0.25) is 0 Å². The van der Waals surface area contributed by atoms with E-state index >= 15 is 0 Å². The van der Waals surface area contributed by atoms with Gasteiger partial charge in [0.1, 0.15) is 0 Å². The van der Waals surface area contributed by atoms with E-state index in [0.717, 1.165) is 5.69 Å². The van der Waals surface area contributed by atoms with Crippen molar-refractivity contribution in [3.63, 3.8) is 0 Å². The van der Waals surface area contributed by atoms with Gasteiger partial charge in [0.05, 0.1) is 50.2 Å². The first-order chi connectivity index (χ1) is 25.4. The zero-order valence-corrected chi connectivity index (χ0v) is 27.7. The second-order valence-electron chi connectivity index (χ2n) is 13.3. The van der Waals surface area contributed by atoms with Crippen LogP contribution in [0.5, 0.6) is 0 Å². The monoisotopic (exact) mass is 649 g/mol. The lowest BCUT2D eigenvalue weighted by molar-refractivity contribution is 1.14. The molecule has 0 N–H and O–H groups in total. The van der Waals surface area contributed by atoms with Crippen LogP contribution in [0.3, 0.4) is 0 Å². The summed E-state index contributed by atoms with van der Waals surface area (Å²) >= 11 is 0. The van der Waals surface area contributed by atoms with Crippen molar-refractivity contribution in [1.82, 2.24) is 13.7 Å². The van der Waals surface area contributed by atoms with Gasteiger partial charge >= 0.3 is 0 Å². The summed E-state index contributed by atoms with van der Waals surface area (Å²) in [5, 5.41) is 7.46. The van der Waals surface area contributed by atoms with E-state index in [1.165, 1.54) is 87.9 Å². The molecule has 3 heteroatoms. The molecule has 11 aromatic rings. The molecule has 3 heterocycles. The number of hydrogen-bond donors (Lipinski definition) is 0. The molecule has 0 atom stereocenters. The third kappa shape index (κ3) is 3.94. The molecule has 0 aliphatic carbocycles. The third-order valence-corrected chi connectivity index (χ3v) is 10.6. The van der Waals surface area contributed by atoms with Gasteiger partial charge in [-0.3, -0.25) is 0 Å². The van der Waals surface area contributed by atoms with Crippen LogP contribution < -0.4 is 0 Å². The van der Waals surface area contributed by atoms with E-state index in [1.807, 2.05) is 0 Å². The van der Waals surface area contributed by atoms with Crippen LogP contribution in [0.1, 0.15) is 0 Å². The fourth-order valence-corrected chi connectivity index (χ4v) is 8.59. The van der Waals surface area contributed by atoms with E-state index in [1.54, 1.807) is 0 Å². The average molecular weight is 650 g/mol. The number of hydrogen-bond acceptors (Lipinski definition) is 0.